The minimum absolute atomic E-state index is 0.849. The molecule has 0 saturated carbocycles. The largest absolute Gasteiger partial charge is 0.493 e. The zero-order chi connectivity index (χ0) is 10.1. The average Bonchev–Trinajstić information content (AvgIpc) is 2.61. The van der Waals surface area contributed by atoms with Crippen LogP contribution in [0.5, 0.6) is 5.75 Å². The third-order valence-corrected chi connectivity index (χ3v) is 2.85. The number of rotatable bonds is 2. The van der Waals surface area contributed by atoms with Crippen LogP contribution in [0.15, 0.2) is 23.1 Å². The van der Waals surface area contributed by atoms with Crippen molar-refractivity contribution >= 4 is 21.4 Å². The minimum atomic E-state index is 0.849. The number of hydrogen-bond acceptors (Lipinski definition) is 2. The third-order valence-electron chi connectivity index (χ3n) is 2.22. The molecule has 2 rings (SSSR count). The Morgan fingerprint density at radius 2 is 2.36 bits per heavy atom. The molecule has 0 saturated heterocycles. The summed E-state index contributed by atoms with van der Waals surface area (Å²) in [6.07, 6.45) is 4.68. The highest BCUT2D eigenvalue weighted by atomic mass is 79.9. The molecule has 2 heterocycles. The van der Waals surface area contributed by atoms with Crippen molar-refractivity contribution in [1.82, 2.24) is 9.38 Å². The molecule has 4 heteroatoms. The molecule has 0 N–H and O–H groups in total. The fourth-order valence-electron chi connectivity index (χ4n) is 1.55. The number of halogens is 1. The summed E-state index contributed by atoms with van der Waals surface area (Å²) in [7, 11) is 1.67. The zero-order valence-corrected chi connectivity index (χ0v) is 9.71. The minimum Gasteiger partial charge on any atom is -0.493 e. The Morgan fingerprint density at radius 1 is 1.57 bits per heavy atom. The lowest BCUT2D eigenvalue weighted by Gasteiger charge is -2.06. The standard InChI is InChI=1S/C10H11BrN2O/c1-3-8-9-10(14-2)7(11)4-5-13(9)6-12-8/h4-6H,3H2,1-2H3. The number of ether oxygens (including phenoxy) is 1. The first-order chi connectivity index (χ1) is 6.77. The van der Waals surface area contributed by atoms with Gasteiger partial charge >= 0.3 is 0 Å². The van der Waals surface area contributed by atoms with Crippen molar-refractivity contribution in [2.75, 3.05) is 7.11 Å². The maximum absolute atomic E-state index is 5.35. The van der Waals surface area contributed by atoms with Crippen LogP contribution in [0.3, 0.4) is 0 Å². The second-order valence-electron chi connectivity index (χ2n) is 3.00. The summed E-state index contributed by atoms with van der Waals surface area (Å²) in [4.78, 5) is 4.33. The molecule has 0 radical (unpaired) electrons. The highest BCUT2D eigenvalue weighted by molar-refractivity contribution is 9.10. The Labute approximate surface area is 90.8 Å². The number of pyridine rings is 1. The molecule has 0 atom stereocenters. The van der Waals surface area contributed by atoms with Crippen LogP contribution in [-0.2, 0) is 6.42 Å². The normalized spacial score (nSPS) is 10.8. The number of aryl methyl sites for hydroxylation is 1. The number of imidazole rings is 1. The van der Waals surface area contributed by atoms with Gasteiger partial charge in [-0.2, -0.15) is 0 Å². The molecule has 0 aromatic carbocycles. The van der Waals surface area contributed by atoms with Crippen molar-refractivity contribution in [2.24, 2.45) is 0 Å². The zero-order valence-electron chi connectivity index (χ0n) is 8.12. The summed E-state index contributed by atoms with van der Waals surface area (Å²) in [6, 6.07) is 1.95. The molecular formula is C10H11BrN2O. The van der Waals surface area contributed by atoms with Gasteiger partial charge in [0.2, 0.25) is 0 Å². The van der Waals surface area contributed by atoms with Gasteiger partial charge in [-0.05, 0) is 28.4 Å². The second-order valence-corrected chi connectivity index (χ2v) is 3.85. The van der Waals surface area contributed by atoms with Gasteiger partial charge in [-0.15, -0.1) is 0 Å². The van der Waals surface area contributed by atoms with Gasteiger partial charge < -0.3 is 9.14 Å². The second kappa shape index (κ2) is 3.61. The van der Waals surface area contributed by atoms with E-state index in [1.807, 2.05) is 23.0 Å². The monoisotopic (exact) mass is 254 g/mol. The van der Waals surface area contributed by atoms with E-state index < -0.39 is 0 Å². The van der Waals surface area contributed by atoms with E-state index in [0.717, 1.165) is 27.9 Å². The molecule has 0 aliphatic heterocycles. The lowest BCUT2D eigenvalue weighted by Crippen LogP contribution is -1.92. The van der Waals surface area contributed by atoms with E-state index in [-0.39, 0.29) is 0 Å². The summed E-state index contributed by atoms with van der Waals surface area (Å²) in [5.41, 5.74) is 2.10. The van der Waals surface area contributed by atoms with Gasteiger partial charge in [-0.1, -0.05) is 6.92 Å². The van der Waals surface area contributed by atoms with E-state index >= 15 is 0 Å². The van der Waals surface area contributed by atoms with E-state index in [1.54, 1.807) is 7.11 Å². The Kier molecular flexibility index (Phi) is 2.46. The lowest BCUT2D eigenvalue weighted by molar-refractivity contribution is 0.415. The molecule has 0 bridgehead atoms. The molecule has 3 nitrogen and oxygen atoms in total. The van der Waals surface area contributed by atoms with Crippen molar-refractivity contribution in [1.29, 1.82) is 0 Å². The molecule has 0 fully saturated rings. The van der Waals surface area contributed by atoms with E-state index in [9.17, 15) is 0 Å². The molecule has 74 valence electrons. The summed E-state index contributed by atoms with van der Waals surface area (Å²) in [5, 5.41) is 0. The van der Waals surface area contributed by atoms with Gasteiger partial charge in [0.25, 0.3) is 0 Å². The molecule has 2 aromatic rings. The molecule has 0 aliphatic rings. The van der Waals surface area contributed by atoms with Crippen molar-refractivity contribution < 1.29 is 4.74 Å². The van der Waals surface area contributed by atoms with Gasteiger partial charge in [0.1, 0.15) is 5.52 Å². The molecule has 0 amide bonds. The predicted octanol–water partition coefficient (Wildman–Crippen LogP) is 2.67. The van der Waals surface area contributed by atoms with Crippen LogP contribution >= 0.6 is 15.9 Å². The summed E-state index contributed by atoms with van der Waals surface area (Å²) in [6.45, 7) is 2.09. The van der Waals surface area contributed by atoms with Gasteiger partial charge in [0.05, 0.1) is 23.6 Å². The Morgan fingerprint density at radius 3 is 3.00 bits per heavy atom. The summed E-state index contributed by atoms with van der Waals surface area (Å²) < 4.78 is 8.29. The van der Waals surface area contributed by atoms with Crippen LogP contribution in [0.2, 0.25) is 0 Å². The van der Waals surface area contributed by atoms with Crippen LogP contribution in [0.1, 0.15) is 12.6 Å². The molecular weight excluding hydrogens is 244 g/mol. The van der Waals surface area contributed by atoms with E-state index in [4.69, 9.17) is 4.74 Å². The molecule has 2 aromatic heterocycles. The van der Waals surface area contributed by atoms with Crippen LogP contribution in [0, 0.1) is 0 Å². The molecule has 14 heavy (non-hydrogen) atoms. The Balaban J connectivity index is 2.81. The highest BCUT2D eigenvalue weighted by Crippen LogP contribution is 2.31. The van der Waals surface area contributed by atoms with Gasteiger partial charge in [0.15, 0.2) is 5.75 Å². The first-order valence-corrected chi connectivity index (χ1v) is 5.25. The van der Waals surface area contributed by atoms with Crippen molar-refractivity contribution in [3.8, 4) is 5.75 Å². The van der Waals surface area contributed by atoms with E-state index in [2.05, 4.69) is 27.8 Å². The van der Waals surface area contributed by atoms with Crippen LogP contribution < -0.4 is 4.74 Å². The van der Waals surface area contributed by atoms with Crippen molar-refractivity contribution in [2.45, 2.75) is 13.3 Å². The lowest BCUT2D eigenvalue weighted by atomic mass is 10.2. The maximum Gasteiger partial charge on any atom is 0.158 e. The van der Waals surface area contributed by atoms with Gasteiger partial charge in [-0.3, -0.25) is 0 Å². The number of fused-ring (bicyclic) bond motifs is 1. The quantitative estimate of drug-likeness (QED) is 0.824. The fourth-order valence-corrected chi connectivity index (χ4v) is 2.02. The number of hydrogen-bond donors (Lipinski definition) is 0. The number of methoxy groups -OCH3 is 1. The Bertz CT molecular complexity index is 464. The Hall–Kier alpha value is -1.03. The predicted molar refractivity (Wildman–Crippen MR) is 58.8 cm³/mol. The van der Waals surface area contributed by atoms with E-state index in [0.29, 0.717) is 0 Å². The molecule has 0 spiro atoms. The first-order valence-electron chi connectivity index (χ1n) is 4.46. The molecule has 0 unspecified atom stereocenters. The SMILES string of the molecule is CCc1ncn2ccc(Br)c(OC)c12. The van der Waals surface area contributed by atoms with Crippen LogP contribution in [-0.4, -0.2) is 16.5 Å². The summed E-state index contributed by atoms with van der Waals surface area (Å²) >= 11 is 3.46. The average molecular weight is 255 g/mol. The topological polar surface area (TPSA) is 26.5 Å². The first kappa shape index (κ1) is 9.52. The highest BCUT2D eigenvalue weighted by Gasteiger charge is 2.11. The number of nitrogens with zero attached hydrogens (tertiary/aromatic N) is 2. The van der Waals surface area contributed by atoms with Crippen LogP contribution in [0.4, 0.5) is 0 Å². The number of aromatic nitrogens is 2. The van der Waals surface area contributed by atoms with Crippen molar-refractivity contribution in [3.05, 3.63) is 28.8 Å². The van der Waals surface area contributed by atoms with Gasteiger partial charge in [-0.25, -0.2) is 4.98 Å². The summed E-state index contributed by atoms with van der Waals surface area (Å²) in [5.74, 6) is 0.849. The van der Waals surface area contributed by atoms with E-state index in [1.165, 1.54) is 0 Å². The fraction of sp³-hybridized carbons (Fsp3) is 0.300. The van der Waals surface area contributed by atoms with Crippen LogP contribution in [0.25, 0.3) is 5.52 Å². The van der Waals surface area contributed by atoms with Gasteiger partial charge in [0, 0.05) is 6.20 Å². The molecule has 0 aliphatic carbocycles. The third kappa shape index (κ3) is 1.30. The maximum atomic E-state index is 5.35. The smallest absolute Gasteiger partial charge is 0.158 e. The van der Waals surface area contributed by atoms with Crippen molar-refractivity contribution in [3.63, 3.8) is 0 Å².